The SMILES string of the molecule is CC(C)(C)c1ccnc(NC(=O)c2cc3cc(Nc4c(Cl)cccc4Cl)[nH]c3cn2)c1. The van der Waals surface area contributed by atoms with Crippen LogP contribution in [0.15, 0.2) is 54.9 Å². The van der Waals surface area contributed by atoms with Gasteiger partial charge in [-0.05, 0) is 47.4 Å². The molecule has 3 heterocycles. The van der Waals surface area contributed by atoms with Crippen molar-refractivity contribution in [3.05, 3.63) is 76.2 Å². The molecule has 4 rings (SSSR count). The summed E-state index contributed by atoms with van der Waals surface area (Å²) < 4.78 is 0. The molecule has 1 aromatic carbocycles. The van der Waals surface area contributed by atoms with Crippen molar-refractivity contribution in [3.63, 3.8) is 0 Å². The van der Waals surface area contributed by atoms with Gasteiger partial charge in [-0.1, -0.05) is 50.0 Å². The van der Waals surface area contributed by atoms with Crippen molar-refractivity contribution in [3.8, 4) is 0 Å². The summed E-state index contributed by atoms with van der Waals surface area (Å²) in [5.74, 6) is 0.846. The van der Waals surface area contributed by atoms with Gasteiger partial charge >= 0.3 is 0 Å². The number of hydrogen-bond donors (Lipinski definition) is 3. The first-order valence-corrected chi connectivity index (χ1v) is 10.4. The van der Waals surface area contributed by atoms with Gasteiger partial charge in [0.1, 0.15) is 17.3 Å². The van der Waals surface area contributed by atoms with Crippen molar-refractivity contribution in [2.75, 3.05) is 10.6 Å². The molecule has 1 amide bonds. The van der Waals surface area contributed by atoms with Gasteiger partial charge in [0, 0.05) is 11.6 Å². The molecule has 0 bridgehead atoms. The topological polar surface area (TPSA) is 82.7 Å². The molecule has 158 valence electrons. The molecule has 0 fully saturated rings. The third-order valence-corrected chi connectivity index (χ3v) is 5.46. The average molecular weight is 454 g/mol. The Morgan fingerprint density at radius 3 is 2.48 bits per heavy atom. The van der Waals surface area contributed by atoms with Crippen LogP contribution in [0.2, 0.25) is 10.0 Å². The smallest absolute Gasteiger partial charge is 0.275 e. The van der Waals surface area contributed by atoms with E-state index in [2.05, 4.69) is 46.4 Å². The van der Waals surface area contributed by atoms with E-state index in [9.17, 15) is 4.79 Å². The van der Waals surface area contributed by atoms with Crippen molar-refractivity contribution in [2.45, 2.75) is 26.2 Å². The highest BCUT2D eigenvalue weighted by molar-refractivity contribution is 6.39. The second kappa shape index (κ2) is 8.21. The van der Waals surface area contributed by atoms with Gasteiger partial charge < -0.3 is 15.6 Å². The predicted octanol–water partition coefficient (Wildman–Crippen LogP) is 6.56. The molecule has 0 unspecified atom stereocenters. The lowest BCUT2D eigenvalue weighted by atomic mass is 9.88. The summed E-state index contributed by atoms with van der Waals surface area (Å²) in [6.07, 6.45) is 3.30. The van der Waals surface area contributed by atoms with E-state index >= 15 is 0 Å². The number of carbonyl (C=O) groups excluding carboxylic acids is 1. The number of hydrogen-bond acceptors (Lipinski definition) is 4. The molecule has 8 heteroatoms. The van der Waals surface area contributed by atoms with E-state index in [1.54, 1.807) is 36.7 Å². The number of aromatic amines is 1. The van der Waals surface area contributed by atoms with Gasteiger partial charge in [0.2, 0.25) is 0 Å². The standard InChI is InChI=1S/C23H21Cl2N5O/c1-23(2,3)14-7-8-26-19(11-14)30-22(31)17-9-13-10-20(28-18(13)12-27-17)29-21-15(24)5-4-6-16(21)25/h4-12,28-29H,1-3H3,(H,26,30,31). The van der Waals surface area contributed by atoms with Gasteiger partial charge in [0.05, 0.1) is 27.4 Å². The number of nitrogens with zero attached hydrogens (tertiary/aromatic N) is 2. The highest BCUT2D eigenvalue weighted by atomic mass is 35.5. The summed E-state index contributed by atoms with van der Waals surface area (Å²) in [6, 6.07) is 12.7. The first-order valence-electron chi connectivity index (χ1n) is 9.68. The molecule has 0 saturated heterocycles. The molecule has 4 aromatic rings. The van der Waals surface area contributed by atoms with E-state index in [1.165, 1.54) is 0 Å². The van der Waals surface area contributed by atoms with Crippen LogP contribution in [0.25, 0.3) is 10.9 Å². The van der Waals surface area contributed by atoms with Crippen LogP contribution < -0.4 is 10.6 Å². The van der Waals surface area contributed by atoms with Crippen molar-refractivity contribution < 1.29 is 4.79 Å². The fourth-order valence-corrected chi connectivity index (χ4v) is 3.61. The Morgan fingerprint density at radius 2 is 1.77 bits per heavy atom. The summed E-state index contributed by atoms with van der Waals surface area (Å²) >= 11 is 12.5. The normalized spacial score (nSPS) is 11.5. The molecule has 0 radical (unpaired) electrons. The number of H-pyrrole nitrogens is 1. The minimum atomic E-state index is -0.328. The molecule has 3 N–H and O–H groups in total. The first-order chi connectivity index (χ1) is 14.7. The molecular formula is C23H21Cl2N5O. The number of halogens is 2. The van der Waals surface area contributed by atoms with Crippen LogP contribution in [0.1, 0.15) is 36.8 Å². The number of fused-ring (bicyclic) bond motifs is 1. The first kappa shape index (κ1) is 21.2. The number of para-hydroxylation sites is 1. The number of amides is 1. The van der Waals surface area contributed by atoms with Gasteiger partial charge in [-0.15, -0.1) is 0 Å². The lowest BCUT2D eigenvalue weighted by molar-refractivity contribution is 0.102. The van der Waals surface area contributed by atoms with Gasteiger partial charge in [0.15, 0.2) is 0 Å². The number of carbonyl (C=O) groups is 1. The second-order valence-electron chi connectivity index (χ2n) is 8.20. The van der Waals surface area contributed by atoms with E-state index < -0.39 is 0 Å². The molecular weight excluding hydrogens is 433 g/mol. The summed E-state index contributed by atoms with van der Waals surface area (Å²) in [5, 5.41) is 7.84. The Labute approximate surface area is 190 Å². The van der Waals surface area contributed by atoms with E-state index in [1.807, 2.05) is 18.2 Å². The number of nitrogens with one attached hydrogen (secondary N) is 3. The van der Waals surface area contributed by atoms with E-state index in [4.69, 9.17) is 23.2 Å². The van der Waals surface area contributed by atoms with Crippen LogP contribution in [0.3, 0.4) is 0 Å². The molecule has 6 nitrogen and oxygen atoms in total. The molecule has 0 atom stereocenters. The van der Waals surface area contributed by atoms with E-state index in [-0.39, 0.29) is 17.0 Å². The van der Waals surface area contributed by atoms with Gasteiger partial charge in [-0.3, -0.25) is 4.79 Å². The zero-order valence-corrected chi connectivity index (χ0v) is 18.8. The average Bonchev–Trinajstić information content (AvgIpc) is 3.12. The fourth-order valence-electron chi connectivity index (χ4n) is 3.12. The van der Waals surface area contributed by atoms with Gasteiger partial charge in [-0.2, -0.15) is 0 Å². The zero-order valence-electron chi connectivity index (χ0n) is 17.3. The van der Waals surface area contributed by atoms with Crippen molar-refractivity contribution in [1.29, 1.82) is 0 Å². The summed E-state index contributed by atoms with van der Waals surface area (Å²) in [4.78, 5) is 24.5. The van der Waals surface area contributed by atoms with Crippen LogP contribution in [-0.2, 0) is 5.41 Å². The van der Waals surface area contributed by atoms with E-state index in [0.29, 0.717) is 27.4 Å². The molecule has 31 heavy (non-hydrogen) atoms. The second-order valence-corrected chi connectivity index (χ2v) is 9.01. The largest absolute Gasteiger partial charge is 0.340 e. The Bertz CT molecular complexity index is 1260. The molecule has 0 saturated carbocycles. The highest BCUT2D eigenvalue weighted by Crippen LogP contribution is 2.33. The van der Waals surface area contributed by atoms with E-state index in [0.717, 1.165) is 16.5 Å². The minimum absolute atomic E-state index is 0.0430. The summed E-state index contributed by atoms with van der Waals surface area (Å²) in [5.41, 5.74) is 2.71. The summed E-state index contributed by atoms with van der Waals surface area (Å²) in [6.45, 7) is 6.32. The highest BCUT2D eigenvalue weighted by Gasteiger charge is 2.16. The Balaban J connectivity index is 1.56. The van der Waals surface area contributed by atoms with Crippen LogP contribution >= 0.6 is 23.2 Å². The number of rotatable bonds is 4. The van der Waals surface area contributed by atoms with Crippen molar-refractivity contribution in [1.82, 2.24) is 15.0 Å². The van der Waals surface area contributed by atoms with Crippen molar-refractivity contribution in [2.24, 2.45) is 0 Å². The Kier molecular flexibility index (Phi) is 5.60. The fraction of sp³-hybridized carbons (Fsp3) is 0.174. The number of benzene rings is 1. The maximum absolute atomic E-state index is 12.7. The zero-order chi connectivity index (χ0) is 22.2. The van der Waals surface area contributed by atoms with Gasteiger partial charge in [0.25, 0.3) is 5.91 Å². The molecule has 3 aromatic heterocycles. The van der Waals surface area contributed by atoms with Crippen LogP contribution in [0.5, 0.6) is 0 Å². The third kappa shape index (κ3) is 4.65. The summed E-state index contributed by atoms with van der Waals surface area (Å²) in [7, 11) is 0. The molecule has 0 aliphatic carbocycles. The Hall–Kier alpha value is -3.09. The molecule has 0 aliphatic rings. The van der Waals surface area contributed by atoms with Crippen molar-refractivity contribution >= 4 is 57.3 Å². The van der Waals surface area contributed by atoms with Gasteiger partial charge in [-0.25, -0.2) is 9.97 Å². The minimum Gasteiger partial charge on any atom is -0.340 e. The number of anilines is 3. The van der Waals surface area contributed by atoms with Crippen LogP contribution in [0.4, 0.5) is 17.3 Å². The monoisotopic (exact) mass is 453 g/mol. The van der Waals surface area contributed by atoms with Crippen LogP contribution in [0, 0.1) is 0 Å². The Morgan fingerprint density at radius 1 is 1.03 bits per heavy atom. The maximum atomic E-state index is 12.7. The van der Waals surface area contributed by atoms with Crippen LogP contribution in [-0.4, -0.2) is 20.9 Å². The lowest BCUT2D eigenvalue weighted by Crippen LogP contribution is -2.16. The number of aromatic nitrogens is 3. The lowest BCUT2D eigenvalue weighted by Gasteiger charge is -2.19. The maximum Gasteiger partial charge on any atom is 0.275 e. The number of pyridine rings is 2. The molecule has 0 aliphatic heterocycles. The third-order valence-electron chi connectivity index (χ3n) is 4.83. The molecule has 0 spiro atoms. The quantitative estimate of drug-likeness (QED) is 0.326. The predicted molar refractivity (Wildman–Crippen MR) is 127 cm³/mol.